The highest BCUT2D eigenvalue weighted by Crippen LogP contribution is 2.57. The van der Waals surface area contributed by atoms with Gasteiger partial charge in [-0.25, -0.2) is 14.7 Å². The molecular formula is C15H23N5O6S. The molecular weight excluding hydrogens is 378 g/mol. The van der Waals surface area contributed by atoms with Crippen molar-refractivity contribution < 1.29 is 29.0 Å². The smallest absolute Gasteiger partial charge is 0.408 e. The maximum absolute atomic E-state index is 12.3. The molecule has 1 saturated carbocycles. The van der Waals surface area contributed by atoms with Crippen molar-refractivity contribution >= 4 is 30.7 Å². The lowest BCUT2D eigenvalue weighted by Crippen LogP contribution is -2.45. The molecule has 1 aromatic heterocycles. The molecule has 11 nitrogen and oxygen atoms in total. The molecule has 1 aliphatic carbocycles. The fourth-order valence-corrected chi connectivity index (χ4v) is 3.47. The molecule has 5 atom stereocenters. The molecule has 2 rings (SSSR count). The van der Waals surface area contributed by atoms with Crippen LogP contribution in [0.15, 0.2) is 0 Å². The maximum atomic E-state index is 12.3. The summed E-state index contributed by atoms with van der Waals surface area (Å²) in [4.78, 5) is 36.1. The van der Waals surface area contributed by atoms with Crippen molar-refractivity contribution in [3.8, 4) is 0 Å². The second kappa shape index (κ2) is 8.11. The first-order valence-electron chi connectivity index (χ1n) is 8.37. The van der Waals surface area contributed by atoms with Gasteiger partial charge < -0.3 is 19.9 Å². The number of carboxylic acid groups (broad SMARTS) is 1. The number of hydrogen-bond donors (Lipinski definition) is 4. The molecule has 0 bridgehead atoms. The van der Waals surface area contributed by atoms with Gasteiger partial charge in [-0.2, -0.15) is 12.6 Å². The molecule has 1 aliphatic rings. The zero-order chi connectivity index (χ0) is 20.4. The van der Waals surface area contributed by atoms with Crippen molar-refractivity contribution in [3.63, 3.8) is 0 Å². The summed E-state index contributed by atoms with van der Waals surface area (Å²) in [5.74, 6) is -3.62. The van der Waals surface area contributed by atoms with Crippen molar-refractivity contribution in [2.24, 2.45) is 17.8 Å². The number of amides is 1. The molecule has 0 saturated heterocycles. The number of hydrogen-bond acceptors (Lipinski definition) is 9. The highest BCUT2D eigenvalue weighted by molar-refractivity contribution is 7.80. The summed E-state index contributed by atoms with van der Waals surface area (Å²) >= 11 is 4.43. The van der Waals surface area contributed by atoms with E-state index in [0.29, 0.717) is 5.82 Å². The van der Waals surface area contributed by atoms with E-state index in [2.05, 4.69) is 38.6 Å². The van der Waals surface area contributed by atoms with Crippen LogP contribution in [0.3, 0.4) is 0 Å². The molecule has 150 valence electrons. The Kier molecular flexibility index (Phi) is 6.29. The molecule has 0 radical (unpaired) electrons. The molecule has 0 aliphatic heterocycles. The van der Waals surface area contributed by atoms with Crippen molar-refractivity contribution in [2.45, 2.75) is 44.6 Å². The van der Waals surface area contributed by atoms with Crippen molar-refractivity contribution in [3.05, 3.63) is 5.82 Å². The zero-order valence-electron chi connectivity index (χ0n) is 15.4. The monoisotopic (exact) mass is 401 g/mol. The van der Waals surface area contributed by atoms with Gasteiger partial charge in [0.1, 0.15) is 11.6 Å². The zero-order valence-corrected chi connectivity index (χ0v) is 16.3. The predicted octanol–water partition coefficient (Wildman–Crippen LogP) is 0.574. The Hall–Kier alpha value is -2.37. The third-order valence-corrected chi connectivity index (χ3v) is 4.61. The van der Waals surface area contributed by atoms with Crippen LogP contribution in [-0.4, -0.2) is 62.0 Å². The van der Waals surface area contributed by atoms with Gasteiger partial charge in [0.2, 0.25) is 0 Å². The Morgan fingerprint density at radius 2 is 2.00 bits per heavy atom. The van der Waals surface area contributed by atoms with Gasteiger partial charge in [-0.05, 0) is 44.0 Å². The van der Waals surface area contributed by atoms with Gasteiger partial charge in [0, 0.05) is 5.92 Å². The lowest BCUT2D eigenvalue weighted by molar-refractivity contribution is -0.145. The van der Waals surface area contributed by atoms with Crippen LogP contribution in [0.4, 0.5) is 4.79 Å². The number of alkyl carbamates (subject to hydrolysis) is 1. The standard InChI is InChI=1S/C15H23N5O6S/c1-5-25-13(23)8-6(7(8)10(27)11-17-19-20-18-11)9(12(21)22)16-14(24)26-15(2,3)4/h6-10,27H,5H2,1-4H3,(H,16,24)(H,21,22)(H,17,18,19,20). The Bertz CT molecular complexity index is 691. The molecule has 0 spiro atoms. The van der Waals surface area contributed by atoms with E-state index in [0.717, 1.165) is 0 Å². The fourth-order valence-electron chi connectivity index (χ4n) is 2.98. The van der Waals surface area contributed by atoms with E-state index < -0.39 is 52.7 Å². The lowest BCUT2D eigenvalue weighted by atomic mass is 10.1. The minimum atomic E-state index is -1.36. The van der Waals surface area contributed by atoms with E-state index in [1.54, 1.807) is 27.7 Å². The molecule has 1 amide bonds. The summed E-state index contributed by atoms with van der Waals surface area (Å²) in [6.07, 6.45) is -0.889. The molecule has 1 fully saturated rings. The number of aromatic nitrogens is 4. The summed E-state index contributed by atoms with van der Waals surface area (Å²) in [5.41, 5.74) is -0.797. The van der Waals surface area contributed by atoms with E-state index in [-0.39, 0.29) is 6.61 Å². The van der Waals surface area contributed by atoms with Crippen LogP contribution in [0.5, 0.6) is 0 Å². The molecule has 5 unspecified atom stereocenters. The van der Waals surface area contributed by atoms with Gasteiger partial charge in [0.05, 0.1) is 17.8 Å². The topological polar surface area (TPSA) is 156 Å². The highest BCUT2D eigenvalue weighted by Gasteiger charge is 2.64. The first kappa shape index (κ1) is 20.9. The number of H-pyrrole nitrogens is 1. The number of aliphatic carboxylic acids is 1. The second-order valence-corrected chi connectivity index (χ2v) is 7.68. The van der Waals surface area contributed by atoms with Gasteiger partial charge in [-0.3, -0.25) is 4.79 Å². The van der Waals surface area contributed by atoms with Crippen LogP contribution < -0.4 is 5.32 Å². The normalized spacial score (nSPS) is 23.8. The lowest BCUT2D eigenvalue weighted by Gasteiger charge is -2.22. The van der Waals surface area contributed by atoms with Crippen LogP contribution in [0.1, 0.15) is 38.8 Å². The third-order valence-electron chi connectivity index (χ3n) is 4.02. The van der Waals surface area contributed by atoms with E-state index in [9.17, 15) is 19.5 Å². The summed E-state index contributed by atoms with van der Waals surface area (Å²) in [6.45, 7) is 6.77. The molecule has 1 aromatic rings. The van der Waals surface area contributed by atoms with Gasteiger partial charge in [0.15, 0.2) is 5.82 Å². The van der Waals surface area contributed by atoms with Crippen molar-refractivity contribution in [2.75, 3.05) is 6.61 Å². The fraction of sp³-hybridized carbons (Fsp3) is 0.733. The van der Waals surface area contributed by atoms with Gasteiger partial charge >= 0.3 is 18.0 Å². The maximum Gasteiger partial charge on any atom is 0.408 e. The number of nitrogens with zero attached hydrogens (tertiary/aromatic N) is 3. The van der Waals surface area contributed by atoms with Crippen molar-refractivity contribution in [1.82, 2.24) is 25.9 Å². The van der Waals surface area contributed by atoms with E-state index in [4.69, 9.17) is 9.47 Å². The van der Waals surface area contributed by atoms with Crippen LogP contribution in [-0.2, 0) is 19.1 Å². The molecule has 27 heavy (non-hydrogen) atoms. The third kappa shape index (κ3) is 5.08. The van der Waals surface area contributed by atoms with Crippen LogP contribution >= 0.6 is 12.6 Å². The molecule has 1 heterocycles. The average Bonchev–Trinajstić information content (AvgIpc) is 3.01. The SMILES string of the molecule is CCOC(=O)C1C(C(NC(=O)OC(C)(C)C)C(=O)O)C1C(S)c1nnn[nH]1. The number of tetrazole rings is 1. The number of thiol groups is 1. The van der Waals surface area contributed by atoms with Gasteiger partial charge in [-0.1, -0.05) is 0 Å². The number of carbonyl (C=O) groups is 3. The van der Waals surface area contributed by atoms with E-state index in [1.807, 2.05) is 0 Å². The summed E-state index contributed by atoms with van der Waals surface area (Å²) in [6, 6.07) is -1.36. The summed E-state index contributed by atoms with van der Waals surface area (Å²) in [7, 11) is 0. The van der Waals surface area contributed by atoms with Gasteiger partial charge in [0.25, 0.3) is 0 Å². The summed E-state index contributed by atoms with van der Waals surface area (Å²) in [5, 5.41) is 24.5. The minimum Gasteiger partial charge on any atom is -0.480 e. The van der Waals surface area contributed by atoms with Crippen LogP contribution in [0.2, 0.25) is 0 Å². The van der Waals surface area contributed by atoms with Crippen LogP contribution in [0, 0.1) is 17.8 Å². The Morgan fingerprint density at radius 1 is 1.33 bits per heavy atom. The number of carboxylic acids is 1. The molecule has 0 aromatic carbocycles. The number of carbonyl (C=O) groups excluding carboxylic acids is 2. The number of nitrogens with one attached hydrogen (secondary N) is 2. The first-order valence-corrected chi connectivity index (χ1v) is 8.89. The number of rotatable bonds is 7. The van der Waals surface area contributed by atoms with Crippen LogP contribution in [0.25, 0.3) is 0 Å². The second-order valence-electron chi connectivity index (χ2n) is 7.13. The Balaban J connectivity index is 2.21. The summed E-state index contributed by atoms with van der Waals surface area (Å²) < 4.78 is 10.2. The number of esters is 1. The Morgan fingerprint density at radius 3 is 2.48 bits per heavy atom. The predicted molar refractivity (Wildman–Crippen MR) is 93.8 cm³/mol. The van der Waals surface area contributed by atoms with E-state index in [1.165, 1.54) is 0 Å². The number of ether oxygens (including phenoxy) is 2. The largest absolute Gasteiger partial charge is 0.480 e. The molecule has 3 N–H and O–H groups in total. The highest BCUT2D eigenvalue weighted by atomic mass is 32.1. The van der Waals surface area contributed by atoms with E-state index >= 15 is 0 Å². The van der Waals surface area contributed by atoms with Gasteiger partial charge in [-0.15, -0.1) is 5.10 Å². The molecule has 12 heteroatoms. The Labute approximate surface area is 161 Å². The number of aromatic amines is 1. The quantitative estimate of drug-likeness (QED) is 0.379. The van der Waals surface area contributed by atoms with Crippen molar-refractivity contribution in [1.29, 1.82) is 0 Å². The average molecular weight is 401 g/mol. The minimum absolute atomic E-state index is 0.146. The first-order chi connectivity index (χ1) is 12.6.